The fourth-order valence-electron chi connectivity index (χ4n) is 2.32. The number of aromatic nitrogens is 2. The third-order valence-corrected chi connectivity index (χ3v) is 5.27. The Labute approximate surface area is 137 Å². The molecule has 7 heteroatoms. The molecule has 0 bridgehead atoms. The van der Waals surface area contributed by atoms with E-state index in [-0.39, 0.29) is 5.56 Å². The van der Waals surface area contributed by atoms with Crippen LogP contribution in [-0.2, 0) is 6.54 Å². The quantitative estimate of drug-likeness (QED) is 0.765. The highest BCUT2D eigenvalue weighted by Crippen LogP contribution is 2.27. The van der Waals surface area contributed by atoms with Crippen molar-refractivity contribution >= 4 is 33.4 Å². The molecular formula is C14H22BrN3O2S. The van der Waals surface area contributed by atoms with E-state index in [4.69, 9.17) is 0 Å². The highest BCUT2D eigenvalue weighted by Gasteiger charge is 2.22. The minimum atomic E-state index is -0.854. The Balaban J connectivity index is 2.10. The van der Waals surface area contributed by atoms with Crippen molar-refractivity contribution in [1.82, 2.24) is 9.78 Å². The predicted molar refractivity (Wildman–Crippen MR) is 91.0 cm³/mol. The average molecular weight is 376 g/mol. The van der Waals surface area contributed by atoms with Crippen molar-refractivity contribution in [2.45, 2.75) is 38.3 Å². The molecule has 0 spiro atoms. The van der Waals surface area contributed by atoms with Gasteiger partial charge in [-0.25, -0.2) is 4.68 Å². The second kappa shape index (κ2) is 7.15. The summed E-state index contributed by atoms with van der Waals surface area (Å²) in [6.45, 7) is 2.77. The van der Waals surface area contributed by atoms with E-state index in [1.807, 2.05) is 6.26 Å². The summed E-state index contributed by atoms with van der Waals surface area (Å²) in [6.07, 6.45) is 7.19. The molecule has 0 radical (unpaired) electrons. The molecular weight excluding hydrogens is 354 g/mol. The summed E-state index contributed by atoms with van der Waals surface area (Å²) in [5.41, 5.74) is -0.505. The molecule has 118 valence electrons. The van der Waals surface area contributed by atoms with Crippen LogP contribution >= 0.6 is 27.7 Å². The molecule has 2 N–H and O–H groups in total. The number of nitrogens with zero attached hydrogens (tertiary/aromatic N) is 2. The van der Waals surface area contributed by atoms with E-state index < -0.39 is 5.60 Å². The summed E-state index contributed by atoms with van der Waals surface area (Å²) < 4.78 is 2.16. The van der Waals surface area contributed by atoms with E-state index in [1.165, 1.54) is 23.9 Å². The van der Waals surface area contributed by atoms with Crippen molar-refractivity contribution in [1.29, 1.82) is 0 Å². The first-order valence-electron chi connectivity index (χ1n) is 7.14. The largest absolute Gasteiger partial charge is 0.387 e. The zero-order chi connectivity index (χ0) is 15.5. The molecule has 1 aliphatic carbocycles. The molecule has 0 saturated heterocycles. The van der Waals surface area contributed by atoms with Crippen LogP contribution < -0.4 is 10.9 Å². The highest BCUT2D eigenvalue weighted by molar-refractivity contribution is 9.10. The number of nitrogens with one attached hydrogen (secondary N) is 1. The zero-order valence-electron chi connectivity index (χ0n) is 12.4. The molecule has 1 heterocycles. The zero-order valence-corrected chi connectivity index (χ0v) is 14.8. The van der Waals surface area contributed by atoms with Crippen LogP contribution in [0.5, 0.6) is 0 Å². The van der Waals surface area contributed by atoms with Crippen LogP contribution in [0.3, 0.4) is 0 Å². The van der Waals surface area contributed by atoms with Gasteiger partial charge in [0, 0.05) is 18.8 Å². The fourth-order valence-corrected chi connectivity index (χ4v) is 3.44. The summed E-state index contributed by atoms with van der Waals surface area (Å²) in [4.78, 5) is 12.5. The lowest BCUT2D eigenvalue weighted by Gasteiger charge is -2.26. The maximum absolute atomic E-state index is 12.5. The first-order valence-corrected chi connectivity index (χ1v) is 9.32. The summed E-state index contributed by atoms with van der Waals surface area (Å²) in [5.74, 6) is 1.18. The number of aliphatic hydroxyl groups is 1. The number of rotatable bonds is 7. The third kappa shape index (κ3) is 4.47. The lowest BCUT2D eigenvalue weighted by Crippen LogP contribution is -2.38. The average Bonchev–Trinajstić information content (AvgIpc) is 2.35. The molecule has 1 atom stereocenters. The molecule has 21 heavy (non-hydrogen) atoms. The van der Waals surface area contributed by atoms with Gasteiger partial charge in [0.15, 0.2) is 0 Å². The van der Waals surface area contributed by atoms with Gasteiger partial charge in [-0.2, -0.15) is 16.9 Å². The normalized spacial score (nSPS) is 18.1. The second-order valence-electron chi connectivity index (χ2n) is 5.94. The van der Waals surface area contributed by atoms with Gasteiger partial charge in [-0.15, -0.1) is 0 Å². The molecule has 2 rings (SSSR count). The molecule has 0 amide bonds. The Morgan fingerprint density at radius 2 is 2.33 bits per heavy atom. The first-order chi connectivity index (χ1) is 9.93. The standard InChI is InChI=1S/C14H22BrN3O2S/c1-14(20,9-21-2)8-16-12-11(15)6-17-18(13(12)19)7-10-4-3-5-10/h6,10,16,20H,3-5,7-9H2,1-2H3. The molecule has 5 nitrogen and oxygen atoms in total. The topological polar surface area (TPSA) is 67.2 Å². The second-order valence-corrected chi connectivity index (χ2v) is 7.66. The number of hydrogen-bond donors (Lipinski definition) is 2. The summed E-state index contributed by atoms with van der Waals surface area (Å²) in [7, 11) is 0. The van der Waals surface area contributed by atoms with Gasteiger partial charge in [0.25, 0.3) is 5.56 Å². The van der Waals surface area contributed by atoms with Crippen molar-refractivity contribution in [2.24, 2.45) is 5.92 Å². The van der Waals surface area contributed by atoms with Gasteiger partial charge in [-0.05, 0) is 47.9 Å². The van der Waals surface area contributed by atoms with Crippen molar-refractivity contribution in [3.05, 3.63) is 21.0 Å². The van der Waals surface area contributed by atoms with Crippen LogP contribution in [0.1, 0.15) is 26.2 Å². The van der Waals surface area contributed by atoms with Crippen LogP contribution in [0.15, 0.2) is 15.5 Å². The van der Waals surface area contributed by atoms with E-state index in [9.17, 15) is 9.90 Å². The van der Waals surface area contributed by atoms with Gasteiger partial charge in [0.1, 0.15) is 5.69 Å². The van der Waals surface area contributed by atoms with E-state index in [0.29, 0.717) is 34.9 Å². The van der Waals surface area contributed by atoms with Crippen LogP contribution in [0, 0.1) is 5.92 Å². The monoisotopic (exact) mass is 375 g/mol. The first kappa shape index (κ1) is 16.8. The predicted octanol–water partition coefficient (Wildman–Crippen LogP) is 2.33. The molecule has 1 aliphatic rings. The molecule has 1 aromatic rings. The lowest BCUT2D eigenvalue weighted by molar-refractivity contribution is 0.0996. The number of anilines is 1. The molecule has 1 unspecified atom stereocenters. The summed E-state index contributed by atoms with van der Waals surface area (Å²) in [5, 5.41) is 17.5. The Hall–Kier alpha value is -0.530. The van der Waals surface area contributed by atoms with E-state index in [0.717, 1.165) is 0 Å². The van der Waals surface area contributed by atoms with Gasteiger partial charge >= 0.3 is 0 Å². The molecule has 1 fully saturated rings. The Kier molecular flexibility index (Phi) is 5.73. The van der Waals surface area contributed by atoms with Crippen molar-refractivity contribution in [3.63, 3.8) is 0 Å². The molecule has 1 saturated carbocycles. The smallest absolute Gasteiger partial charge is 0.291 e. The maximum Gasteiger partial charge on any atom is 0.291 e. The van der Waals surface area contributed by atoms with E-state index in [1.54, 1.807) is 24.9 Å². The minimum Gasteiger partial charge on any atom is -0.387 e. The summed E-state index contributed by atoms with van der Waals surface area (Å²) >= 11 is 4.94. The van der Waals surface area contributed by atoms with Gasteiger partial charge < -0.3 is 10.4 Å². The Bertz CT molecular complexity index is 544. The number of thioether (sulfide) groups is 1. The number of hydrogen-bond acceptors (Lipinski definition) is 5. The van der Waals surface area contributed by atoms with E-state index >= 15 is 0 Å². The Morgan fingerprint density at radius 1 is 1.62 bits per heavy atom. The molecule has 0 aromatic carbocycles. The third-order valence-electron chi connectivity index (χ3n) is 3.75. The van der Waals surface area contributed by atoms with Gasteiger partial charge in [0.05, 0.1) is 16.3 Å². The van der Waals surface area contributed by atoms with Gasteiger partial charge in [-0.1, -0.05) is 6.42 Å². The van der Waals surface area contributed by atoms with Crippen LogP contribution in [0.2, 0.25) is 0 Å². The van der Waals surface area contributed by atoms with Crippen molar-refractivity contribution < 1.29 is 5.11 Å². The minimum absolute atomic E-state index is 0.128. The van der Waals surface area contributed by atoms with Crippen LogP contribution in [-0.4, -0.2) is 39.0 Å². The Morgan fingerprint density at radius 3 is 2.90 bits per heavy atom. The maximum atomic E-state index is 12.5. The van der Waals surface area contributed by atoms with Crippen molar-refractivity contribution in [3.8, 4) is 0 Å². The SMILES string of the molecule is CSCC(C)(O)CNc1c(Br)cnn(CC2CCC2)c1=O. The van der Waals surface area contributed by atoms with Crippen molar-refractivity contribution in [2.75, 3.05) is 23.9 Å². The number of halogens is 1. The van der Waals surface area contributed by atoms with Gasteiger partial charge in [-0.3, -0.25) is 4.79 Å². The lowest BCUT2D eigenvalue weighted by atomic mass is 9.85. The highest BCUT2D eigenvalue weighted by atomic mass is 79.9. The molecule has 1 aromatic heterocycles. The fraction of sp³-hybridized carbons (Fsp3) is 0.714. The van der Waals surface area contributed by atoms with E-state index in [2.05, 4.69) is 26.3 Å². The van der Waals surface area contributed by atoms with Crippen LogP contribution in [0.25, 0.3) is 0 Å². The van der Waals surface area contributed by atoms with Crippen LogP contribution in [0.4, 0.5) is 5.69 Å². The summed E-state index contributed by atoms with van der Waals surface area (Å²) in [6, 6.07) is 0. The van der Waals surface area contributed by atoms with Gasteiger partial charge in [0.2, 0.25) is 0 Å². The molecule has 0 aliphatic heterocycles.